The van der Waals surface area contributed by atoms with Crippen LogP contribution in [0.3, 0.4) is 0 Å². The van der Waals surface area contributed by atoms with E-state index in [1.165, 1.54) is 0 Å². The summed E-state index contributed by atoms with van der Waals surface area (Å²) < 4.78 is 0. The van der Waals surface area contributed by atoms with E-state index in [0.29, 0.717) is 10.8 Å². The molecule has 0 aromatic heterocycles. The van der Waals surface area contributed by atoms with E-state index in [2.05, 4.69) is 5.32 Å². The third kappa shape index (κ3) is 2.77. The van der Waals surface area contributed by atoms with Crippen LogP contribution < -0.4 is 5.32 Å². The van der Waals surface area contributed by atoms with Gasteiger partial charge >= 0.3 is 0 Å². The molecule has 0 aliphatic carbocycles. The number of benzene rings is 2. The Morgan fingerprint density at radius 1 is 1.10 bits per heavy atom. The Hall–Kier alpha value is -0.870. The van der Waals surface area contributed by atoms with Gasteiger partial charge in [-0.25, -0.2) is 0 Å². The molecule has 2 aromatic rings. The largest absolute Gasteiger partial charge is 0.373 e. The van der Waals surface area contributed by atoms with Crippen LogP contribution in [0.2, 0.25) is 10.0 Å². The molecule has 20 heavy (non-hydrogen) atoms. The Labute approximate surface area is 132 Å². The fourth-order valence-corrected chi connectivity index (χ4v) is 4.03. The summed E-state index contributed by atoms with van der Waals surface area (Å²) in [5.74, 6) is 0.586. The number of nitrogens with one attached hydrogen (secondary N) is 1. The van der Waals surface area contributed by atoms with Crippen molar-refractivity contribution in [2.24, 2.45) is 0 Å². The molecule has 0 radical (unpaired) electrons. The van der Waals surface area contributed by atoms with E-state index in [0.717, 1.165) is 21.8 Å². The molecular formula is C15H13Cl2NOS. The molecule has 1 heterocycles. The number of anilines is 1. The van der Waals surface area contributed by atoms with E-state index in [1.54, 1.807) is 11.8 Å². The van der Waals surface area contributed by atoms with Gasteiger partial charge in [-0.05, 0) is 35.4 Å². The van der Waals surface area contributed by atoms with Crippen molar-refractivity contribution in [3.05, 3.63) is 63.6 Å². The summed E-state index contributed by atoms with van der Waals surface area (Å²) in [6, 6.07) is 13.4. The minimum atomic E-state index is -0.576. The predicted molar refractivity (Wildman–Crippen MR) is 86.8 cm³/mol. The lowest BCUT2D eigenvalue weighted by Gasteiger charge is -2.18. The number of hydrogen-bond acceptors (Lipinski definition) is 3. The quantitative estimate of drug-likeness (QED) is 0.806. The summed E-state index contributed by atoms with van der Waals surface area (Å²) in [6.45, 7) is 0. The fourth-order valence-electron chi connectivity index (χ4n) is 2.33. The van der Waals surface area contributed by atoms with Crippen molar-refractivity contribution in [3.8, 4) is 0 Å². The Kier molecular flexibility index (Phi) is 4.13. The molecule has 0 spiro atoms. The smallest absolute Gasteiger partial charge is 0.133 e. The summed E-state index contributed by atoms with van der Waals surface area (Å²) in [5.41, 5.74) is 2.99. The molecule has 2 N–H and O–H groups in total. The van der Waals surface area contributed by atoms with Crippen molar-refractivity contribution in [1.82, 2.24) is 0 Å². The van der Waals surface area contributed by atoms with Gasteiger partial charge in [0.15, 0.2) is 0 Å². The van der Waals surface area contributed by atoms with Crippen molar-refractivity contribution < 1.29 is 5.11 Å². The van der Waals surface area contributed by atoms with Gasteiger partial charge in [-0.15, -0.1) is 11.8 Å². The molecule has 5 heteroatoms. The standard InChI is InChI=1S/C15H13Cl2NOS/c16-9-5-6-13-11(7-9)15(20-8-14(19)18-13)10-3-1-2-4-12(10)17/h1-7,14-15,18-19H,8H2/t14-,15+/m1/s1. The molecule has 0 unspecified atom stereocenters. The summed E-state index contributed by atoms with van der Waals surface area (Å²) in [6.07, 6.45) is -0.576. The van der Waals surface area contributed by atoms with Crippen LogP contribution in [0, 0.1) is 0 Å². The van der Waals surface area contributed by atoms with Crippen molar-refractivity contribution >= 4 is 40.7 Å². The van der Waals surface area contributed by atoms with Gasteiger partial charge in [-0.2, -0.15) is 0 Å². The summed E-state index contributed by atoms with van der Waals surface area (Å²) in [7, 11) is 0. The van der Waals surface area contributed by atoms with Crippen LogP contribution in [0.5, 0.6) is 0 Å². The molecule has 2 atom stereocenters. The minimum absolute atomic E-state index is 0.0575. The number of rotatable bonds is 1. The molecule has 2 aromatic carbocycles. The third-order valence-electron chi connectivity index (χ3n) is 3.23. The van der Waals surface area contributed by atoms with Crippen LogP contribution in [0.15, 0.2) is 42.5 Å². The minimum Gasteiger partial charge on any atom is -0.373 e. The van der Waals surface area contributed by atoms with Crippen LogP contribution in [-0.4, -0.2) is 17.1 Å². The molecule has 3 rings (SSSR count). The highest BCUT2D eigenvalue weighted by Gasteiger charge is 2.25. The Balaban J connectivity index is 2.12. The second-order valence-corrected chi connectivity index (χ2v) is 6.61. The maximum absolute atomic E-state index is 9.94. The first-order chi connectivity index (χ1) is 9.65. The average Bonchev–Trinajstić information content (AvgIpc) is 2.58. The first-order valence-corrected chi connectivity index (χ1v) is 8.05. The summed E-state index contributed by atoms with van der Waals surface area (Å²) in [4.78, 5) is 0. The van der Waals surface area contributed by atoms with Crippen molar-refractivity contribution in [3.63, 3.8) is 0 Å². The zero-order valence-corrected chi connectivity index (χ0v) is 12.8. The van der Waals surface area contributed by atoms with E-state index in [9.17, 15) is 5.11 Å². The Morgan fingerprint density at radius 3 is 2.70 bits per heavy atom. The summed E-state index contributed by atoms with van der Waals surface area (Å²) in [5, 5.41) is 14.5. The van der Waals surface area contributed by atoms with E-state index in [4.69, 9.17) is 23.2 Å². The fraction of sp³-hybridized carbons (Fsp3) is 0.200. The van der Waals surface area contributed by atoms with Crippen molar-refractivity contribution in [1.29, 1.82) is 0 Å². The summed E-state index contributed by atoms with van der Waals surface area (Å²) >= 11 is 14.1. The van der Waals surface area contributed by atoms with Crippen LogP contribution in [-0.2, 0) is 0 Å². The van der Waals surface area contributed by atoms with E-state index in [1.807, 2.05) is 42.5 Å². The highest BCUT2D eigenvalue weighted by molar-refractivity contribution is 7.99. The van der Waals surface area contributed by atoms with E-state index >= 15 is 0 Å². The van der Waals surface area contributed by atoms with Crippen LogP contribution in [0.1, 0.15) is 16.4 Å². The highest BCUT2D eigenvalue weighted by Crippen LogP contribution is 2.44. The SMILES string of the molecule is O[C@@H]1CS[C@@H](c2ccccc2Cl)c2cc(Cl)ccc2N1. The zero-order chi connectivity index (χ0) is 14.1. The van der Waals surface area contributed by atoms with Gasteiger partial charge in [0.05, 0.1) is 5.25 Å². The van der Waals surface area contributed by atoms with Gasteiger partial charge in [0.2, 0.25) is 0 Å². The first-order valence-electron chi connectivity index (χ1n) is 6.25. The molecule has 104 valence electrons. The molecule has 2 nitrogen and oxygen atoms in total. The molecule has 0 fully saturated rings. The lowest BCUT2D eigenvalue weighted by Crippen LogP contribution is -2.19. The Morgan fingerprint density at radius 2 is 1.90 bits per heavy atom. The van der Waals surface area contributed by atoms with Crippen LogP contribution in [0.25, 0.3) is 0 Å². The monoisotopic (exact) mass is 325 g/mol. The van der Waals surface area contributed by atoms with Crippen LogP contribution in [0.4, 0.5) is 5.69 Å². The molecule has 1 aliphatic rings. The maximum atomic E-state index is 9.94. The van der Waals surface area contributed by atoms with E-state index < -0.39 is 6.23 Å². The van der Waals surface area contributed by atoms with E-state index in [-0.39, 0.29) is 5.25 Å². The van der Waals surface area contributed by atoms with Crippen molar-refractivity contribution in [2.45, 2.75) is 11.5 Å². The lowest BCUT2D eigenvalue weighted by atomic mass is 10.0. The highest BCUT2D eigenvalue weighted by atomic mass is 35.5. The molecule has 0 saturated heterocycles. The second kappa shape index (κ2) is 5.86. The number of fused-ring (bicyclic) bond motifs is 1. The third-order valence-corrected chi connectivity index (χ3v) is 5.16. The topological polar surface area (TPSA) is 32.3 Å². The molecule has 0 saturated carbocycles. The molecule has 1 aliphatic heterocycles. The van der Waals surface area contributed by atoms with Gasteiger partial charge in [0, 0.05) is 21.5 Å². The maximum Gasteiger partial charge on any atom is 0.133 e. The van der Waals surface area contributed by atoms with Gasteiger partial charge in [0.25, 0.3) is 0 Å². The average molecular weight is 326 g/mol. The molecule has 0 bridgehead atoms. The Bertz CT molecular complexity index is 635. The molecule has 0 amide bonds. The number of thioether (sulfide) groups is 1. The predicted octanol–water partition coefficient (Wildman–Crippen LogP) is 4.56. The van der Waals surface area contributed by atoms with Gasteiger partial charge < -0.3 is 10.4 Å². The lowest BCUT2D eigenvalue weighted by molar-refractivity contribution is 0.229. The zero-order valence-electron chi connectivity index (χ0n) is 10.5. The number of aliphatic hydroxyl groups excluding tert-OH is 1. The van der Waals surface area contributed by atoms with Crippen molar-refractivity contribution in [2.75, 3.05) is 11.1 Å². The number of hydrogen-bond donors (Lipinski definition) is 2. The number of aliphatic hydroxyl groups is 1. The second-order valence-electron chi connectivity index (χ2n) is 4.63. The van der Waals surface area contributed by atoms with Gasteiger partial charge in [-0.3, -0.25) is 0 Å². The normalized spacial score (nSPS) is 21.8. The number of halogens is 2. The van der Waals surface area contributed by atoms with Crippen LogP contribution >= 0.6 is 35.0 Å². The van der Waals surface area contributed by atoms with Gasteiger partial charge in [0.1, 0.15) is 6.23 Å². The first kappa shape index (κ1) is 14.1. The van der Waals surface area contributed by atoms with Gasteiger partial charge in [-0.1, -0.05) is 41.4 Å². The molecular weight excluding hydrogens is 313 g/mol.